The number of carbonyl (C=O) groups is 1. The number of carbonyl (C=O) groups excluding carboxylic acids is 1. The minimum atomic E-state index is -4.10. The molecule has 0 radical (unpaired) electrons. The van der Waals surface area contributed by atoms with Crippen LogP contribution in [0.2, 0.25) is 0 Å². The maximum Gasteiger partial charge on any atom is 0.343 e. The number of hydrogen-bond donors (Lipinski definition) is 1. The number of benzene rings is 2. The minimum absolute atomic E-state index is 0.00313. The highest BCUT2D eigenvalue weighted by molar-refractivity contribution is 7.92. The van der Waals surface area contributed by atoms with E-state index in [1.54, 1.807) is 6.07 Å². The quantitative estimate of drug-likeness (QED) is 0.576. The molecular formula is C26H29FN2O5S. The molecule has 6 rings (SSSR count). The van der Waals surface area contributed by atoms with Gasteiger partial charge in [-0.1, -0.05) is 6.07 Å². The van der Waals surface area contributed by atoms with Gasteiger partial charge in [0.1, 0.15) is 17.1 Å². The number of anilines is 1. The van der Waals surface area contributed by atoms with Gasteiger partial charge in [-0.2, -0.15) is 0 Å². The van der Waals surface area contributed by atoms with Crippen molar-refractivity contribution < 1.29 is 27.1 Å². The second kappa shape index (κ2) is 8.48. The van der Waals surface area contributed by atoms with Gasteiger partial charge < -0.3 is 14.4 Å². The van der Waals surface area contributed by atoms with E-state index in [1.165, 1.54) is 38.2 Å². The highest BCUT2D eigenvalue weighted by atomic mass is 32.2. The number of rotatable bonds is 7. The molecule has 35 heavy (non-hydrogen) atoms. The van der Waals surface area contributed by atoms with Gasteiger partial charge in [-0.15, -0.1) is 0 Å². The number of methoxy groups -OCH3 is 1. The molecule has 186 valence electrons. The Hall–Kier alpha value is -2.65. The van der Waals surface area contributed by atoms with Gasteiger partial charge in [0.25, 0.3) is 10.0 Å². The first-order valence-electron chi connectivity index (χ1n) is 12.3. The van der Waals surface area contributed by atoms with Gasteiger partial charge in [0, 0.05) is 12.5 Å². The van der Waals surface area contributed by atoms with E-state index >= 15 is 0 Å². The number of halogens is 1. The molecule has 2 unspecified atom stereocenters. The standard InChI is InChI=1S/C26H29FN2O5S/c1-33-26(30)24-22(6-5-18-20-11-16(20)14-34-25(18)24)28-35(31,32)23-7-4-17(27)12-21(23)19-10-15(19)13-29-8-2-3-9-29/h4-7,12,15-16,19-20,28H,2-3,8-11,13-14H2,1H3/t15?,16-,19?,20-/m0/s1. The molecule has 0 amide bonds. The maximum atomic E-state index is 14.2. The smallest absolute Gasteiger partial charge is 0.343 e. The van der Waals surface area contributed by atoms with Gasteiger partial charge in [0.05, 0.1) is 24.3 Å². The first-order valence-corrected chi connectivity index (χ1v) is 13.8. The number of fused-ring (bicyclic) bond motifs is 3. The largest absolute Gasteiger partial charge is 0.492 e. The number of hydrogen-bond acceptors (Lipinski definition) is 6. The number of nitrogens with zero attached hydrogens (tertiary/aromatic N) is 1. The fourth-order valence-electron chi connectivity index (χ4n) is 5.82. The molecule has 2 aromatic carbocycles. The Kier molecular flexibility index (Phi) is 5.52. The Bertz CT molecular complexity index is 1290. The molecule has 2 saturated carbocycles. The molecule has 4 aliphatic rings. The van der Waals surface area contributed by atoms with E-state index in [0.29, 0.717) is 35.7 Å². The first-order chi connectivity index (χ1) is 16.9. The van der Waals surface area contributed by atoms with E-state index in [0.717, 1.165) is 38.0 Å². The number of nitrogens with one attached hydrogen (secondary N) is 1. The first kappa shape index (κ1) is 22.8. The Morgan fingerprint density at radius 2 is 1.94 bits per heavy atom. The molecule has 4 atom stereocenters. The van der Waals surface area contributed by atoms with Crippen LogP contribution in [0, 0.1) is 17.7 Å². The van der Waals surface area contributed by atoms with Crippen molar-refractivity contribution in [3.05, 3.63) is 52.8 Å². The molecule has 1 saturated heterocycles. The third kappa shape index (κ3) is 4.18. The van der Waals surface area contributed by atoms with E-state index in [1.807, 2.05) is 6.07 Å². The average Bonchev–Trinajstić information content (AvgIpc) is 3.73. The third-order valence-corrected chi connectivity index (χ3v) is 9.30. The summed E-state index contributed by atoms with van der Waals surface area (Å²) >= 11 is 0. The number of esters is 1. The monoisotopic (exact) mass is 500 g/mol. The Morgan fingerprint density at radius 3 is 2.71 bits per heavy atom. The molecule has 3 fully saturated rings. The molecule has 1 N–H and O–H groups in total. The summed E-state index contributed by atoms with van der Waals surface area (Å²) in [5.74, 6) is 0.369. The topological polar surface area (TPSA) is 84.9 Å². The second-order valence-corrected chi connectivity index (χ2v) is 11.9. The summed E-state index contributed by atoms with van der Waals surface area (Å²) in [6, 6.07) is 7.25. The Labute approximate surface area is 204 Å². The van der Waals surface area contributed by atoms with Crippen LogP contribution in [0.3, 0.4) is 0 Å². The van der Waals surface area contributed by atoms with Crippen LogP contribution in [0.4, 0.5) is 10.1 Å². The zero-order valence-corrected chi connectivity index (χ0v) is 20.4. The fraction of sp³-hybridized carbons (Fsp3) is 0.500. The van der Waals surface area contributed by atoms with Crippen molar-refractivity contribution in [1.29, 1.82) is 0 Å². The number of likely N-dealkylation sites (tertiary alicyclic amines) is 1. The van der Waals surface area contributed by atoms with Gasteiger partial charge >= 0.3 is 5.97 Å². The lowest BCUT2D eigenvalue weighted by molar-refractivity contribution is 0.0596. The highest BCUT2D eigenvalue weighted by Crippen LogP contribution is 2.55. The molecule has 2 aromatic rings. The molecule has 9 heteroatoms. The van der Waals surface area contributed by atoms with E-state index in [4.69, 9.17) is 9.47 Å². The van der Waals surface area contributed by atoms with Crippen molar-refractivity contribution in [3.8, 4) is 5.75 Å². The van der Waals surface area contributed by atoms with E-state index in [-0.39, 0.29) is 22.1 Å². The molecule has 0 bridgehead atoms. The van der Waals surface area contributed by atoms with Gasteiger partial charge in [0.2, 0.25) is 0 Å². The maximum absolute atomic E-state index is 14.2. The van der Waals surface area contributed by atoms with Crippen LogP contribution in [0.1, 0.15) is 59.0 Å². The average molecular weight is 501 g/mol. The van der Waals surface area contributed by atoms with Crippen LogP contribution < -0.4 is 9.46 Å². The van der Waals surface area contributed by atoms with Crippen molar-refractivity contribution in [3.63, 3.8) is 0 Å². The lowest BCUT2D eigenvalue weighted by Gasteiger charge is -2.22. The molecular weight excluding hydrogens is 471 g/mol. The van der Waals surface area contributed by atoms with Crippen molar-refractivity contribution in [1.82, 2.24) is 4.90 Å². The molecule has 2 heterocycles. The normalized spacial score (nSPS) is 26.9. The zero-order valence-electron chi connectivity index (χ0n) is 19.6. The summed E-state index contributed by atoms with van der Waals surface area (Å²) in [5, 5.41) is 0. The molecule has 0 spiro atoms. The Morgan fingerprint density at radius 1 is 1.14 bits per heavy atom. The molecule has 7 nitrogen and oxygen atoms in total. The molecule has 2 aliphatic carbocycles. The summed E-state index contributed by atoms with van der Waals surface area (Å²) in [7, 11) is -2.85. The van der Waals surface area contributed by atoms with Crippen LogP contribution in [0.15, 0.2) is 35.2 Å². The molecule has 2 aliphatic heterocycles. The minimum Gasteiger partial charge on any atom is -0.492 e. The predicted molar refractivity (Wildman–Crippen MR) is 128 cm³/mol. The lowest BCUT2D eigenvalue weighted by Crippen LogP contribution is -2.22. The highest BCUT2D eigenvalue weighted by Gasteiger charge is 2.46. The van der Waals surface area contributed by atoms with Crippen LogP contribution in [-0.2, 0) is 14.8 Å². The van der Waals surface area contributed by atoms with E-state index < -0.39 is 21.8 Å². The fourth-order valence-corrected chi connectivity index (χ4v) is 7.16. The molecule has 0 aromatic heterocycles. The lowest BCUT2D eigenvalue weighted by atomic mass is 10.0. The van der Waals surface area contributed by atoms with Crippen molar-refractivity contribution in [2.75, 3.05) is 38.1 Å². The Balaban J connectivity index is 1.32. The number of sulfonamides is 1. The van der Waals surface area contributed by atoms with Gasteiger partial charge in [-0.25, -0.2) is 17.6 Å². The van der Waals surface area contributed by atoms with E-state index in [2.05, 4.69) is 9.62 Å². The van der Waals surface area contributed by atoms with Crippen LogP contribution in [-0.4, -0.2) is 52.6 Å². The van der Waals surface area contributed by atoms with Crippen LogP contribution in [0.5, 0.6) is 5.75 Å². The van der Waals surface area contributed by atoms with Crippen molar-refractivity contribution in [2.24, 2.45) is 11.8 Å². The summed E-state index contributed by atoms with van der Waals surface area (Å²) in [6.07, 6.45) is 4.22. The summed E-state index contributed by atoms with van der Waals surface area (Å²) in [6.45, 7) is 3.54. The SMILES string of the molecule is COC(=O)c1c(NS(=O)(=O)c2ccc(F)cc2C2CC2CN2CCCC2)ccc2c1OC[C@@H]1C[C@H]21. The van der Waals surface area contributed by atoms with Gasteiger partial charge in [-0.3, -0.25) is 4.72 Å². The van der Waals surface area contributed by atoms with Crippen molar-refractivity contribution >= 4 is 21.7 Å². The summed E-state index contributed by atoms with van der Waals surface area (Å²) < 4.78 is 54.8. The van der Waals surface area contributed by atoms with Gasteiger partial charge in [0.15, 0.2) is 0 Å². The number of ether oxygens (including phenoxy) is 2. The second-order valence-electron chi connectivity index (χ2n) is 10.2. The third-order valence-electron chi connectivity index (χ3n) is 7.86. The summed E-state index contributed by atoms with van der Waals surface area (Å²) in [4.78, 5) is 15.1. The zero-order chi connectivity index (χ0) is 24.3. The summed E-state index contributed by atoms with van der Waals surface area (Å²) in [5.41, 5.74) is 1.60. The van der Waals surface area contributed by atoms with Crippen LogP contribution in [0.25, 0.3) is 0 Å². The van der Waals surface area contributed by atoms with E-state index in [9.17, 15) is 17.6 Å². The van der Waals surface area contributed by atoms with Crippen molar-refractivity contribution in [2.45, 2.75) is 42.4 Å². The van der Waals surface area contributed by atoms with Gasteiger partial charge in [-0.05, 0) is 91.9 Å². The predicted octanol–water partition coefficient (Wildman–Crippen LogP) is 4.11. The van der Waals surface area contributed by atoms with Crippen LogP contribution >= 0.6 is 0 Å².